The standard InChI is InChI=1S/C19H23NO2.ClH/c1-3-7-17(8-4-1)13-20-11-12-22-19(14-20)16-21-15-18-9-5-2-6-10-18;/h1-10,19H,11-16H2;1H/t19-;/m1./s1. The van der Waals surface area contributed by atoms with Crippen molar-refractivity contribution in [3.05, 3.63) is 71.8 Å². The molecule has 1 saturated heterocycles. The third kappa shape index (κ3) is 5.96. The molecule has 1 aliphatic rings. The summed E-state index contributed by atoms with van der Waals surface area (Å²) in [5.41, 5.74) is 2.56. The molecule has 1 fully saturated rings. The second-order valence-corrected chi connectivity index (χ2v) is 5.71. The lowest BCUT2D eigenvalue weighted by Gasteiger charge is -2.32. The minimum atomic E-state index is 0. The van der Waals surface area contributed by atoms with Crippen molar-refractivity contribution in [3.8, 4) is 0 Å². The number of morpholine rings is 1. The van der Waals surface area contributed by atoms with Crippen molar-refractivity contribution >= 4 is 12.4 Å². The third-order valence-electron chi connectivity index (χ3n) is 3.89. The van der Waals surface area contributed by atoms with Gasteiger partial charge in [0.2, 0.25) is 0 Å². The van der Waals surface area contributed by atoms with Gasteiger partial charge in [0, 0.05) is 19.6 Å². The van der Waals surface area contributed by atoms with Gasteiger partial charge in [-0.2, -0.15) is 0 Å². The highest BCUT2D eigenvalue weighted by molar-refractivity contribution is 5.85. The largest absolute Gasteiger partial charge is 0.374 e. The second-order valence-electron chi connectivity index (χ2n) is 5.71. The average Bonchev–Trinajstić information content (AvgIpc) is 2.57. The van der Waals surface area contributed by atoms with E-state index in [4.69, 9.17) is 9.47 Å². The molecule has 23 heavy (non-hydrogen) atoms. The summed E-state index contributed by atoms with van der Waals surface area (Å²) in [6.45, 7) is 5.00. The molecule has 0 amide bonds. The fraction of sp³-hybridized carbons (Fsp3) is 0.368. The molecule has 0 spiro atoms. The Labute approximate surface area is 144 Å². The number of benzene rings is 2. The van der Waals surface area contributed by atoms with Gasteiger partial charge in [0.1, 0.15) is 0 Å². The molecule has 3 rings (SSSR count). The molecule has 4 heteroatoms. The lowest BCUT2D eigenvalue weighted by atomic mass is 10.2. The van der Waals surface area contributed by atoms with Gasteiger partial charge < -0.3 is 9.47 Å². The Balaban J connectivity index is 0.00000192. The van der Waals surface area contributed by atoms with Crippen LogP contribution in [0.1, 0.15) is 11.1 Å². The fourth-order valence-corrected chi connectivity index (χ4v) is 2.75. The first kappa shape index (κ1) is 18.0. The van der Waals surface area contributed by atoms with E-state index in [9.17, 15) is 0 Å². The van der Waals surface area contributed by atoms with Crippen molar-refractivity contribution in [1.82, 2.24) is 4.90 Å². The Bertz CT molecular complexity index is 550. The topological polar surface area (TPSA) is 21.7 Å². The Morgan fingerprint density at radius 3 is 2.30 bits per heavy atom. The lowest BCUT2D eigenvalue weighted by molar-refractivity contribution is -0.0741. The van der Waals surface area contributed by atoms with E-state index in [1.807, 2.05) is 18.2 Å². The van der Waals surface area contributed by atoms with Crippen molar-refractivity contribution < 1.29 is 9.47 Å². The molecule has 0 unspecified atom stereocenters. The summed E-state index contributed by atoms with van der Waals surface area (Å²) in [5.74, 6) is 0. The van der Waals surface area contributed by atoms with Gasteiger partial charge in [-0.05, 0) is 11.1 Å². The van der Waals surface area contributed by atoms with Gasteiger partial charge in [-0.25, -0.2) is 0 Å². The number of ether oxygens (including phenoxy) is 2. The lowest BCUT2D eigenvalue weighted by Crippen LogP contribution is -2.43. The zero-order valence-electron chi connectivity index (χ0n) is 13.3. The summed E-state index contributed by atoms with van der Waals surface area (Å²) >= 11 is 0. The highest BCUT2D eigenvalue weighted by Gasteiger charge is 2.20. The van der Waals surface area contributed by atoms with Gasteiger partial charge in [0.05, 0.1) is 25.9 Å². The van der Waals surface area contributed by atoms with E-state index >= 15 is 0 Å². The van der Waals surface area contributed by atoms with Crippen LogP contribution in [-0.2, 0) is 22.6 Å². The molecule has 0 bridgehead atoms. The SMILES string of the molecule is Cl.c1ccc(COC[C@H]2CN(Cc3ccccc3)CCO2)cc1. The predicted molar refractivity (Wildman–Crippen MR) is 94.8 cm³/mol. The van der Waals surface area contributed by atoms with E-state index in [0.29, 0.717) is 13.2 Å². The summed E-state index contributed by atoms with van der Waals surface area (Å²) in [7, 11) is 0. The molecule has 0 aromatic heterocycles. The van der Waals surface area contributed by atoms with Crippen LogP contribution in [0.2, 0.25) is 0 Å². The van der Waals surface area contributed by atoms with Crippen molar-refractivity contribution in [2.24, 2.45) is 0 Å². The van der Waals surface area contributed by atoms with Gasteiger partial charge in [0.25, 0.3) is 0 Å². The van der Waals surface area contributed by atoms with Gasteiger partial charge >= 0.3 is 0 Å². The Hall–Kier alpha value is -1.39. The van der Waals surface area contributed by atoms with E-state index in [0.717, 1.165) is 26.2 Å². The first-order chi connectivity index (χ1) is 10.9. The molecule has 0 N–H and O–H groups in total. The predicted octanol–water partition coefficient (Wildman–Crippen LogP) is 3.53. The molecular formula is C19H24ClNO2. The Morgan fingerprint density at radius 2 is 1.61 bits per heavy atom. The van der Waals surface area contributed by atoms with Crippen LogP contribution in [0, 0.1) is 0 Å². The number of nitrogens with zero attached hydrogens (tertiary/aromatic N) is 1. The zero-order valence-corrected chi connectivity index (χ0v) is 14.1. The van der Waals surface area contributed by atoms with Crippen molar-refractivity contribution in [1.29, 1.82) is 0 Å². The van der Waals surface area contributed by atoms with Gasteiger partial charge in [0.15, 0.2) is 0 Å². The normalized spacial score (nSPS) is 18.3. The maximum absolute atomic E-state index is 5.82. The van der Waals surface area contributed by atoms with E-state index in [1.54, 1.807) is 0 Å². The van der Waals surface area contributed by atoms with Crippen LogP contribution in [0.5, 0.6) is 0 Å². The monoisotopic (exact) mass is 333 g/mol. The van der Waals surface area contributed by atoms with Crippen LogP contribution in [0.15, 0.2) is 60.7 Å². The molecule has 0 aliphatic carbocycles. The zero-order chi connectivity index (χ0) is 15.0. The van der Waals surface area contributed by atoms with Crippen molar-refractivity contribution in [2.75, 3.05) is 26.3 Å². The molecule has 2 aromatic rings. The van der Waals surface area contributed by atoms with Crippen LogP contribution in [0.25, 0.3) is 0 Å². The van der Waals surface area contributed by atoms with Crippen LogP contribution >= 0.6 is 12.4 Å². The fourth-order valence-electron chi connectivity index (χ4n) is 2.75. The third-order valence-corrected chi connectivity index (χ3v) is 3.89. The van der Waals surface area contributed by atoms with Gasteiger partial charge in [-0.1, -0.05) is 60.7 Å². The number of rotatable bonds is 6. The highest BCUT2D eigenvalue weighted by atomic mass is 35.5. The average molecular weight is 334 g/mol. The first-order valence-corrected chi connectivity index (χ1v) is 7.90. The molecule has 1 heterocycles. The van der Waals surface area contributed by atoms with Crippen molar-refractivity contribution in [2.45, 2.75) is 19.3 Å². The molecule has 124 valence electrons. The summed E-state index contributed by atoms with van der Waals surface area (Å²) < 4.78 is 11.6. The molecule has 1 atom stereocenters. The maximum Gasteiger partial charge on any atom is 0.0935 e. The smallest absolute Gasteiger partial charge is 0.0935 e. The summed E-state index contributed by atoms with van der Waals surface area (Å²) in [4.78, 5) is 2.44. The van der Waals surface area contributed by atoms with E-state index in [-0.39, 0.29) is 18.5 Å². The van der Waals surface area contributed by atoms with Crippen molar-refractivity contribution in [3.63, 3.8) is 0 Å². The molecule has 2 aromatic carbocycles. The molecule has 1 aliphatic heterocycles. The van der Waals surface area contributed by atoms with Crippen LogP contribution < -0.4 is 0 Å². The maximum atomic E-state index is 5.82. The minimum absolute atomic E-state index is 0. The summed E-state index contributed by atoms with van der Waals surface area (Å²) in [6, 6.07) is 20.9. The van der Waals surface area contributed by atoms with E-state index < -0.39 is 0 Å². The van der Waals surface area contributed by atoms with Crippen LogP contribution in [0.3, 0.4) is 0 Å². The number of halogens is 1. The van der Waals surface area contributed by atoms with E-state index in [1.165, 1.54) is 11.1 Å². The van der Waals surface area contributed by atoms with Gasteiger partial charge in [-0.3, -0.25) is 4.90 Å². The van der Waals surface area contributed by atoms with Gasteiger partial charge in [-0.15, -0.1) is 12.4 Å². The summed E-state index contributed by atoms with van der Waals surface area (Å²) in [6.07, 6.45) is 0.168. The highest BCUT2D eigenvalue weighted by Crippen LogP contribution is 2.11. The quantitative estimate of drug-likeness (QED) is 0.807. The molecule has 0 saturated carbocycles. The van der Waals surface area contributed by atoms with E-state index in [2.05, 4.69) is 47.4 Å². The molecule has 3 nitrogen and oxygen atoms in total. The molecule has 0 radical (unpaired) electrons. The Morgan fingerprint density at radius 1 is 0.957 bits per heavy atom. The Kier molecular flexibility index (Phi) is 7.56. The van der Waals surface area contributed by atoms with Crippen LogP contribution in [0.4, 0.5) is 0 Å². The van der Waals surface area contributed by atoms with Crippen LogP contribution in [-0.4, -0.2) is 37.3 Å². The summed E-state index contributed by atoms with van der Waals surface area (Å²) in [5, 5.41) is 0. The second kappa shape index (κ2) is 9.68. The number of hydrogen-bond donors (Lipinski definition) is 0. The molecular weight excluding hydrogens is 310 g/mol. The minimum Gasteiger partial charge on any atom is -0.374 e. The first-order valence-electron chi connectivity index (χ1n) is 7.90. The number of hydrogen-bond acceptors (Lipinski definition) is 3.